The molecule has 1 aliphatic carbocycles. The lowest BCUT2D eigenvalue weighted by Crippen LogP contribution is -2.15. The van der Waals surface area contributed by atoms with E-state index < -0.39 is 5.82 Å². The minimum absolute atomic E-state index is 0.0609. The van der Waals surface area contributed by atoms with E-state index in [-0.39, 0.29) is 23.3 Å². The van der Waals surface area contributed by atoms with Crippen LogP contribution in [0.1, 0.15) is 24.5 Å². The fraction of sp³-hybridized carbons (Fsp3) is 0.263. The number of nitrogens with one attached hydrogen (secondary N) is 2. The predicted octanol–water partition coefficient (Wildman–Crippen LogP) is 4.00. The van der Waals surface area contributed by atoms with Crippen LogP contribution in [0.25, 0.3) is 0 Å². The number of hydrogen-bond donors (Lipinski definition) is 2. The molecule has 0 aromatic heterocycles. The highest BCUT2D eigenvalue weighted by Crippen LogP contribution is 2.28. The van der Waals surface area contributed by atoms with E-state index in [1.54, 1.807) is 0 Å². The van der Waals surface area contributed by atoms with Crippen molar-refractivity contribution in [2.75, 3.05) is 16.4 Å². The smallest absolute Gasteiger partial charge is 0.234 e. The van der Waals surface area contributed by atoms with Gasteiger partial charge in [0, 0.05) is 17.5 Å². The standard InChI is InChI=1S/C19H19FN2O2S/c1-12(23)21-15-6-8-17(20)18(10-15)22-19(24)11-25-16-7-5-13-3-2-4-14(13)9-16/h5-10H,2-4,11H2,1H3,(H,21,23)(H,22,24). The van der Waals surface area contributed by atoms with E-state index in [9.17, 15) is 14.0 Å². The largest absolute Gasteiger partial charge is 0.326 e. The lowest BCUT2D eigenvalue weighted by Gasteiger charge is -2.09. The van der Waals surface area contributed by atoms with Crippen LogP contribution in [-0.4, -0.2) is 17.6 Å². The van der Waals surface area contributed by atoms with Crippen LogP contribution in [-0.2, 0) is 22.4 Å². The zero-order valence-electron chi connectivity index (χ0n) is 13.9. The highest BCUT2D eigenvalue weighted by atomic mass is 32.2. The van der Waals surface area contributed by atoms with Crippen molar-refractivity contribution in [3.05, 3.63) is 53.3 Å². The highest BCUT2D eigenvalue weighted by molar-refractivity contribution is 8.00. The Bertz CT molecular complexity index is 823. The molecule has 130 valence electrons. The van der Waals surface area contributed by atoms with Crippen molar-refractivity contribution >= 4 is 35.0 Å². The van der Waals surface area contributed by atoms with Crippen LogP contribution in [0.4, 0.5) is 15.8 Å². The second-order valence-electron chi connectivity index (χ2n) is 6.00. The van der Waals surface area contributed by atoms with E-state index in [1.165, 1.54) is 54.4 Å². The summed E-state index contributed by atoms with van der Waals surface area (Å²) in [5.74, 6) is -0.881. The topological polar surface area (TPSA) is 58.2 Å². The van der Waals surface area contributed by atoms with Crippen LogP contribution in [0.5, 0.6) is 0 Å². The van der Waals surface area contributed by atoms with Crippen LogP contribution in [0.2, 0.25) is 0 Å². The summed E-state index contributed by atoms with van der Waals surface area (Å²) in [5, 5.41) is 5.13. The quantitative estimate of drug-likeness (QED) is 0.794. The predicted molar refractivity (Wildman–Crippen MR) is 98.5 cm³/mol. The number of anilines is 2. The number of fused-ring (bicyclic) bond motifs is 1. The van der Waals surface area contributed by atoms with Crippen LogP contribution in [0, 0.1) is 5.82 Å². The lowest BCUT2D eigenvalue weighted by molar-refractivity contribution is -0.114. The van der Waals surface area contributed by atoms with Crippen LogP contribution in [0.3, 0.4) is 0 Å². The van der Waals surface area contributed by atoms with E-state index in [2.05, 4.69) is 22.8 Å². The summed E-state index contributed by atoms with van der Waals surface area (Å²) in [6.07, 6.45) is 3.41. The third-order valence-corrected chi connectivity index (χ3v) is 4.99. The number of carbonyl (C=O) groups is 2. The van der Waals surface area contributed by atoms with Crippen molar-refractivity contribution in [3.8, 4) is 0 Å². The average molecular weight is 358 g/mol. The summed E-state index contributed by atoms with van der Waals surface area (Å²) in [7, 11) is 0. The van der Waals surface area contributed by atoms with Crippen molar-refractivity contribution in [2.24, 2.45) is 0 Å². The molecule has 2 aromatic rings. The van der Waals surface area contributed by atoms with Gasteiger partial charge in [-0.25, -0.2) is 4.39 Å². The highest BCUT2D eigenvalue weighted by Gasteiger charge is 2.13. The summed E-state index contributed by atoms with van der Waals surface area (Å²) in [6.45, 7) is 1.37. The maximum absolute atomic E-state index is 13.8. The Labute approximate surface area is 150 Å². The number of hydrogen-bond acceptors (Lipinski definition) is 3. The Hall–Kier alpha value is -2.34. The minimum Gasteiger partial charge on any atom is -0.326 e. The molecule has 0 heterocycles. The summed E-state index contributed by atoms with van der Waals surface area (Å²) in [5.41, 5.74) is 3.26. The van der Waals surface area contributed by atoms with E-state index in [1.807, 2.05) is 6.07 Å². The molecule has 0 saturated carbocycles. The van der Waals surface area contributed by atoms with Gasteiger partial charge in [0.2, 0.25) is 11.8 Å². The van der Waals surface area contributed by atoms with Crippen LogP contribution in [0.15, 0.2) is 41.3 Å². The molecule has 0 saturated heterocycles. The Balaban J connectivity index is 1.60. The monoisotopic (exact) mass is 358 g/mol. The lowest BCUT2D eigenvalue weighted by atomic mass is 10.1. The third-order valence-electron chi connectivity index (χ3n) is 4.00. The van der Waals surface area contributed by atoms with Crippen molar-refractivity contribution < 1.29 is 14.0 Å². The molecule has 4 nitrogen and oxygen atoms in total. The van der Waals surface area contributed by atoms with Crippen molar-refractivity contribution in [2.45, 2.75) is 31.1 Å². The van der Waals surface area contributed by atoms with E-state index in [0.29, 0.717) is 5.69 Å². The maximum atomic E-state index is 13.8. The fourth-order valence-corrected chi connectivity index (χ4v) is 3.64. The van der Waals surface area contributed by atoms with Gasteiger partial charge in [-0.15, -0.1) is 11.8 Å². The van der Waals surface area contributed by atoms with Gasteiger partial charge in [-0.1, -0.05) is 6.07 Å². The van der Waals surface area contributed by atoms with Gasteiger partial charge >= 0.3 is 0 Å². The van der Waals surface area contributed by atoms with E-state index in [4.69, 9.17) is 0 Å². The summed E-state index contributed by atoms with van der Waals surface area (Å²) < 4.78 is 13.8. The number of amides is 2. The number of benzene rings is 2. The zero-order valence-corrected chi connectivity index (χ0v) is 14.7. The molecule has 1 aliphatic rings. The van der Waals surface area contributed by atoms with Gasteiger partial charge in [-0.05, 0) is 60.7 Å². The molecule has 0 aliphatic heterocycles. The normalized spacial score (nSPS) is 12.6. The number of aryl methyl sites for hydroxylation is 2. The number of halogens is 1. The Kier molecular flexibility index (Phi) is 5.38. The van der Waals surface area contributed by atoms with E-state index in [0.717, 1.165) is 17.7 Å². The Morgan fingerprint density at radius 3 is 2.68 bits per heavy atom. The molecule has 2 amide bonds. The van der Waals surface area contributed by atoms with Gasteiger partial charge in [0.15, 0.2) is 0 Å². The zero-order chi connectivity index (χ0) is 17.8. The second-order valence-corrected chi connectivity index (χ2v) is 7.05. The number of carbonyl (C=O) groups excluding carboxylic acids is 2. The summed E-state index contributed by atoms with van der Waals surface area (Å²) in [4.78, 5) is 24.2. The van der Waals surface area contributed by atoms with Gasteiger partial charge in [0.05, 0.1) is 11.4 Å². The van der Waals surface area contributed by atoms with Gasteiger partial charge in [-0.3, -0.25) is 9.59 Å². The molecule has 0 unspecified atom stereocenters. The first-order valence-electron chi connectivity index (χ1n) is 8.13. The first kappa shape index (κ1) is 17.5. The Morgan fingerprint density at radius 2 is 1.88 bits per heavy atom. The first-order valence-corrected chi connectivity index (χ1v) is 9.11. The molecule has 2 aromatic carbocycles. The molecule has 0 bridgehead atoms. The molecule has 0 fully saturated rings. The second kappa shape index (κ2) is 7.70. The minimum atomic E-state index is -0.537. The van der Waals surface area contributed by atoms with Gasteiger partial charge in [0.25, 0.3) is 0 Å². The third kappa shape index (κ3) is 4.60. The van der Waals surface area contributed by atoms with Crippen molar-refractivity contribution in [3.63, 3.8) is 0 Å². The van der Waals surface area contributed by atoms with Crippen LogP contribution >= 0.6 is 11.8 Å². The fourth-order valence-electron chi connectivity index (χ4n) is 2.88. The first-order chi connectivity index (χ1) is 12.0. The van der Waals surface area contributed by atoms with Crippen molar-refractivity contribution in [1.82, 2.24) is 0 Å². The van der Waals surface area contributed by atoms with Crippen molar-refractivity contribution in [1.29, 1.82) is 0 Å². The van der Waals surface area contributed by atoms with E-state index >= 15 is 0 Å². The molecule has 25 heavy (non-hydrogen) atoms. The molecule has 6 heteroatoms. The summed E-state index contributed by atoms with van der Waals surface area (Å²) >= 11 is 1.43. The van der Waals surface area contributed by atoms with Gasteiger partial charge in [-0.2, -0.15) is 0 Å². The van der Waals surface area contributed by atoms with Gasteiger partial charge < -0.3 is 10.6 Å². The average Bonchev–Trinajstić information content (AvgIpc) is 3.03. The molecule has 0 spiro atoms. The molecule has 3 rings (SSSR count). The molecule has 0 atom stereocenters. The Morgan fingerprint density at radius 1 is 1.08 bits per heavy atom. The summed E-state index contributed by atoms with van der Waals surface area (Å²) in [6, 6.07) is 10.4. The maximum Gasteiger partial charge on any atom is 0.234 e. The SMILES string of the molecule is CC(=O)Nc1ccc(F)c(NC(=O)CSc2ccc3c(c2)CCC3)c1. The number of rotatable bonds is 5. The van der Waals surface area contributed by atoms with Crippen LogP contribution < -0.4 is 10.6 Å². The molecule has 0 radical (unpaired) electrons. The molecular formula is C19H19FN2O2S. The number of thioether (sulfide) groups is 1. The molecule has 2 N–H and O–H groups in total. The molecular weight excluding hydrogens is 339 g/mol. The van der Waals surface area contributed by atoms with Gasteiger partial charge in [0.1, 0.15) is 5.82 Å².